The van der Waals surface area contributed by atoms with Crippen molar-refractivity contribution in [1.82, 2.24) is 5.32 Å². The molecule has 3 N–H and O–H groups in total. The zero-order valence-electron chi connectivity index (χ0n) is 47.3. The summed E-state index contributed by atoms with van der Waals surface area (Å²) < 4.78 is 23.6. The number of unbranched alkanes of at least 4 members (excludes halogenated alkanes) is 39. The fourth-order valence-electron chi connectivity index (χ4n) is 9.06. The second-order valence-corrected chi connectivity index (χ2v) is 23.5. The molecule has 8 nitrogen and oxygen atoms in total. The van der Waals surface area contributed by atoms with Crippen LogP contribution in [0.3, 0.4) is 0 Å². The van der Waals surface area contributed by atoms with Crippen LogP contribution in [0.4, 0.5) is 0 Å². The maximum Gasteiger partial charge on any atom is 0.472 e. The van der Waals surface area contributed by atoms with Crippen LogP contribution in [-0.2, 0) is 18.4 Å². The van der Waals surface area contributed by atoms with Crippen LogP contribution in [0.1, 0.15) is 296 Å². The third kappa shape index (κ3) is 54.5. The van der Waals surface area contributed by atoms with Gasteiger partial charge in [-0.05, 0) is 57.8 Å². The van der Waals surface area contributed by atoms with Gasteiger partial charge in [0.15, 0.2) is 0 Å². The van der Waals surface area contributed by atoms with Crippen LogP contribution < -0.4 is 5.32 Å². The van der Waals surface area contributed by atoms with E-state index in [1.165, 1.54) is 238 Å². The number of phosphoric ester groups is 1. The van der Waals surface area contributed by atoms with E-state index < -0.39 is 20.0 Å². The Bertz CT molecular complexity index is 1230. The fourth-order valence-corrected chi connectivity index (χ4v) is 9.79. The van der Waals surface area contributed by atoms with Gasteiger partial charge in [0.1, 0.15) is 13.2 Å². The molecule has 0 aromatic heterocycles. The van der Waals surface area contributed by atoms with Crippen molar-refractivity contribution in [2.24, 2.45) is 0 Å². The normalized spacial score (nSPS) is 14.1. The molecule has 0 aliphatic carbocycles. The fraction of sp³-hybridized carbons (Fsp3) is 0.885. The number of nitrogens with one attached hydrogen (secondary N) is 1. The molecule has 3 atom stereocenters. The van der Waals surface area contributed by atoms with Crippen LogP contribution in [-0.4, -0.2) is 73.4 Å². The number of aliphatic hydroxyl groups excluding tert-OH is 1. The average Bonchev–Trinajstić information content (AvgIpc) is 3.32. The number of aliphatic hydroxyl groups is 1. The van der Waals surface area contributed by atoms with E-state index in [0.29, 0.717) is 17.4 Å². The summed E-state index contributed by atoms with van der Waals surface area (Å²) in [5.74, 6) is -0.185. The van der Waals surface area contributed by atoms with E-state index in [1.54, 1.807) is 6.08 Å². The second-order valence-electron chi connectivity index (χ2n) is 22.1. The Balaban J connectivity index is 3.77. The molecule has 0 saturated heterocycles. The zero-order chi connectivity index (χ0) is 51.3. The van der Waals surface area contributed by atoms with Gasteiger partial charge in [-0.25, -0.2) is 4.57 Å². The molecule has 0 aromatic carbocycles. The molecule has 0 rings (SSSR count). The van der Waals surface area contributed by atoms with Crippen molar-refractivity contribution in [3.8, 4) is 0 Å². The van der Waals surface area contributed by atoms with Gasteiger partial charge in [0, 0.05) is 6.42 Å². The Labute approximate surface area is 436 Å². The molecular weight excluding hydrogens is 888 g/mol. The molecule has 1 amide bonds. The molecule has 3 unspecified atom stereocenters. The van der Waals surface area contributed by atoms with Gasteiger partial charge < -0.3 is 19.8 Å². The number of phosphoric acid groups is 1. The van der Waals surface area contributed by atoms with Crippen LogP contribution in [0.15, 0.2) is 36.5 Å². The standard InChI is InChI=1S/C61H119N2O6P/c1-6-8-10-12-14-16-17-18-19-20-21-22-23-24-25-26-27-28-29-30-31-32-33-34-35-36-37-38-39-40-41-42-43-44-45-47-49-51-53-55-61(65)62-59(58-69-70(66,67)68-57-56-63(3,4)5)60(64)54-52-50-48-46-15-13-11-9-7-2/h15,20-21,46,52,54,59-60,64H,6-14,16-19,22-45,47-51,53,55-58H2,1-5H3,(H-,62,65,66,67)/p+1/b21-20-,46-15+,54-52+. The lowest BCUT2D eigenvalue weighted by atomic mass is 10.0. The van der Waals surface area contributed by atoms with Gasteiger partial charge in [0.25, 0.3) is 0 Å². The summed E-state index contributed by atoms with van der Waals surface area (Å²) in [6.45, 7) is 4.76. The predicted molar refractivity (Wildman–Crippen MR) is 304 cm³/mol. The summed E-state index contributed by atoms with van der Waals surface area (Å²) in [6, 6.07) is -0.859. The number of nitrogens with zero attached hydrogens (tertiary/aromatic N) is 1. The lowest BCUT2D eigenvalue weighted by Gasteiger charge is -2.25. The Morgan fingerprint density at radius 2 is 0.786 bits per heavy atom. The molecule has 0 spiro atoms. The number of amides is 1. The lowest BCUT2D eigenvalue weighted by molar-refractivity contribution is -0.870. The van der Waals surface area contributed by atoms with Crippen molar-refractivity contribution >= 4 is 13.7 Å². The molecular formula is C61H120N2O6P+. The predicted octanol–water partition coefficient (Wildman–Crippen LogP) is 18.5. The monoisotopic (exact) mass is 1010 g/mol. The topological polar surface area (TPSA) is 105 Å². The highest BCUT2D eigenvalue weighted by atomic mass is 31.2. The smallest absolute Gasteiger partial charge is 0.387 e. The van der Waals surface area contributed by atoms with Crippen LogP contribution >= 0.6 is 7.82 Å². The molecule has 0 aliphatic heterocycles. The molecule has 0 heterocycles. The number of likely N-dealkylation sites (N-methyl/N-ethyl adjacent to an activating group) is 1. The first-order chi connectivity index (χ1) is 34.0. The highest BCUT2D eigenvalue weighted by Gasteiger charge is 2.27. The molecule has 0 aliphatic rings. The van der Waals surface area contributed by atoms with Crippen molar-refractivity contribution in [2.45, 2.75) is 309 Å². The minimum atomic E-state index is -4.34. The Kier molecular flexibility index (Phi) is 51.6. The van der Waals surface area contributed by atoms with E-state index in [1.807, 2.05) is 27.2 Å². The third-order valence-corrected chi connectivity index (χ3v) is 14.8. The van der Waals surface area contributed by atoms with Crippen LogP contribution in [0, 0.1) is 0 Å². The van der Waals surface area contributed by atoms with E-state index in [4.69, 9.17) is 9.05 Å². The van der Waals surface area contributed by atoms with Crippen LogP contribution in [0.5, 0.6) is 0 Å². The summed E-state index contributed by atoms with van der Waals surface area (Å²) in [6.07, 6.45) is 68.9. The molecule has 414 valence electrons. The molecule has 0 saturated carbocycles. The molecule has 0 aromatic rings. The number of hydrogen-bond donors (Lipinski definition) is 3. The molecule has 70 heavy (non-hydrogen) atoms. The van der Waals surface area contributed by atoms with Crippen molar-refractivity contribution in [2.75, 3.05) is 40.9 Å². The van der Waals surface area contributed by atoms with Gasteiger partial charge in [-0.2, -0.15) is 0 Å². The van der Waals surface area contributed by atoms with Crippen molar-refractivity contribution in [3.63, 3.8) is 0 Å². The number of quaternary nitrogens is 1. The molecule has 0 bridgehead atoms. The maximum absolute atomic E-state index is 12.9. The van der Waals surface area contributed by atoms with Crippen molar-refractivity contribution in [1.29, 1.82) is 0 Å². The van der Waals surface area contributed by atoms with E-state index in [9.17, 15) is 19.4 Å². The first kappa shape index (κ1) is 68.7. The number of carbonyl (C=O) groups is 1. The summed E-state index contributed by atoms with van der Waals surface area (Å²) >= 11 is 0. The molecule has 0 fully saturated rings. The van der Waals surface area contributed by atoms with Crippen LogP contribution in [0.25, 0.3) is 0 Å². The number of carbonyl (C=O) groups excluding carboxylic acids is 1. The SMILES string of the molecule is CCCCC/C=C/CC/C=C/C(O)C(COP(=O)(O)OCC[N+](C)(C)C)NC(=O)CCCCCCCCCCCCCCCCCCCCCCCCCCCCC/C=C\CCCCCCCCCC. The zero-order valence-corrected chi connectivity index (χ0v) is 48.2. The lowest BCUT2D eigenvalue weighted by Crippen LogP contribution is -2.45. The highest BCUT2D eigenvalue weighted by Crippen LogP contribution is 2.43. The minimum absolute atomic E-state index is 0.0574. The maximum atomic E-state index is 12.9. The largest absolute Gasteiger partial charge is 0.472 e. The van der Waals surface area contributed by atoms with E-state index in [0.717, 1.165) is 38.5 Å². The highest BCUT2D eigenvalue weighted by molar-refractivity contribution is 7.47. The van der Waals surface area contributed by atoms with E-state index in [2.05, 4.69) is 43.5 Å². The first-order valence-electron chi connectivity index (χ1n) is 30.4. The van der Waals surface area contributed by atoms with Gasteiger partial charge in [-0.3, -0.25) is 13.8 Å². The van der Waals surface area contributed by atoms with Gasteiger partial charge >= 0.3 is 7.82 Å². The third-order valence-electron chi connectivity index (χ3n) is 13.8. The Hall–Kier alpha value is -1.28. The number of rotatable bonds is 56. The molecule has 0 radical (unpaired) electrons. The average molecular weight is 1010 g/mol. The summed E-state index contributed by atoms with van der Waals surface area (Å²) in [5, 5.41) is 13.8. The summed E-state index contributed by atoms with van der Waals surface area (Å²) in [7, 11) is 1.56. The van der Waals surface area contributed by atoms with Crippen molar-refractivity contribution < 1.29 is 32.9 Å². The van der Waals surface area contributed by atoms with Gasteiger partial charge in [0.2, 0.25) is 5.91 Å². The first-order valence-corrected chi connectivity index (χ1v) is 31.9. The quantitative estimate of drug-likeness (QED) is 0.0243. The van der Waals surface area contributed by atoms with E-state index in [-0.39, 0.29) is 19.1 Å². The number of allylic oxidation sites excluding steroid dienone is 5. The minimum Gasteiger partial charge on any atom is -0.387 e. The van der Waals surface area contributed by atoms with Gasteiger partial charge in [-0.15, -0.1) is 0 Å². The molecule has 9 heteroatoms. The van der Waals surface area contributed by atoms with Crippen LogP contribution in [0.2, 0.25) is 0 Å². The Morgan fingerprint density at radius 1 is 0.471 bits per heavy atom. The summed E-state index contributed by atoms with van der Waals surface area (Å²) in [5.41, 5.74) is 0. The Morgan fingerprint density at radius 3 is 1.17 bits per heavy atom. The van der Waals surface area contributed by atoms with Crippen molar-refractivity contribution in [3.05, 3.63) is 36.5 Å². The second kappa shape index (κ2) is 52.6. The number of hydrogen-bond acceptors (Lipinski definition) is 5. The van der Waals surface area contributed by atoms with Gasteiger partial charge in [0.05, 0.1) is 39.9 Å². The van der Waals surface area contributed by atoms with E-state index >= 15 is 0 Å². The summed E-state index contributed by atoms with van der Waals surface area (Å²) in [4.78, 5) is 23.2. The van der Waals surface area contributed by atoms with Gasteiger partial charge in [-0.1, -0.05) is 269 Å².